The fourth-order valence-corrected chi connectivity index (χ4v) is 3.13. The van der Waals surface area contributed by atoms with Gasteiger partial charge in [-0.1, -0.05) is 23.7 Å². The van der Waals surface area contributed by atoms with E-state index < -0.39 is 16.6 Å². The van der Waals surface area contributed by atoms with E-state index in [0.29, 0.717) is 16.5 Å². The van der Waals surface area contributed by atoms with Gasteiger partial charge in [0.1, 0.15) is 0 Å². The van der Waals surface area contributed by atoms with E-state index >= 15 is 0 Å². The van der Waals surface area contributed by atoms with E-state index in [1.54, 1.807) is 28.8 Å². The normalized spacial score (nSPS) is 15.9. The summed E-state index contributed by atoms with van der Waals surface area (Å²) < 4.78 is 1.64. The van der Waals surface area contributed by atoms with Crippen molar-refractivity contribution >= 4 is 40.1 Å². The summed E-state index contributed by atoms with van der Waals surface area (Å²) in [5.74, 6) is 0.216. The molecule has 0 bridgehead atoms. The number of hydrogen-bond acceptors (Lipinski definition) is 7. The van der Waals surface area contributed by atoms with Crippen molar-refractivity contribution in [2.45, 2.75) is 6.17 Å². The van der Waals surface area contributed by atoms with E-state index in [9.17, 15) is 14.9 Å². The summed E-state index contributed by atoms with van der Waals surface area (Å²) >= 11 is 6.28. The van der Waals surface area contributed by atoms with Gasteiger partial charge in [0.15, 0.2) is 12.1 Å². The average molecular weight is 371 g/mol. The number of guanidine groups is 1. The van der Waals surface area contributed by atoms with Crippen molar-refractivity contribution in [3.63, 3.8) is 0 Å². The highest BCUT2D eigenvalue weighted by Gasteiger charge is 2.27. The van der Waals surface area contributed by atoms with Gasteiger partial charge in [-0.05, 0) is 18.2 Å². The molecule has 4 rings (SSSR count). The Morgan fingerprint density at radius 2 is 2.04 bits per heavy atom. The van der Waals surface area contributed by atoms with Crippen molar-refractivity contribution in [2.75, 3.05) is 5.32 Å². The minimum Gasteiger partial charge on any atom is -0.370 e. The van der Waals surface area contributed by atoms with Crippen LogP contribution < -0.4 is 16.6 Å². The number of nitrogens with zero attached hydrogens (tertiary/aromatic N) is 4. The minimum absolute atomic E-state index is 0.0275. The lowest BCUT2D eigenvalue weighted by molar-refractivity contribution is -0.384. The first-order valence-electron chi connectivity index (χ1n) is 7.51. The monoisotopic (exact) mass is 370 g/mol. The van der Waals surface area contributed by atoms with Crippen molar-refractivity contribution < 1.29 is 4.92 Å². The molecule has 0 spiro atoms. The van der Waals surface area contributed by atoms with Crippen LogP contribution in [0.15, 0.2) is 52.3 Å². The van der Waals surface area contributed by atoms with Gasteiger partial charge in [-0.15, -0.1) is 0 Å². The second-order valence-corrected chi connectivity index (χ2v) is 6.01. The third-order valence-electron chi connectivity index (χ3n) is 4.04. The Morgan fingerprint density at radius 1 is 1.27 bits per heavy atom. The summed E-state index contributed by atoms with van der Waals surface area (Å²) in [6.45, 7) is 0. The molecule has 2 heterocycles. The summed E-state index contributed by atoms with van der Waals surface area (Å²) in [6.07, 6.45) is -0.809. The van der Waals surface area contributed by atoms with E-state index in [0.717, 1.165) is 0 Å². The highest BCUT2D eigenvalue weighted by atomic mass is 35.5. The molecule has 10 heteroatoms. The fourth-order valence-electron chi connectivity index (χ4n) is 2.91. The van der Waals surface area contributed by atoms with Crippen molar-refractivity contribution in [1.82, 2.24) is 9.55 Å². The van der Waals surface area contributed by atoms with Crippen LogP contribution in [-0.2, 0) is 0 Å². The Balaban J connectivity index is 2.05. The Labute approximate surface area is 150 Å². The summed E-state index contributed by atoms with van der Waals surface area (Å²) in [4.78, 5) is 31.2. The van der Waals surface area contributed by atoms with E-state index in [4.69, 9.17) is 17.3 Å². The Bertz CT molecular complexity index is 1160. The van der Waals surface area contributed by atoms with Crippen LogP contribution in [0.3, 0.4) is 0 Å². The Hall–Kier alpha value is -3.46. The lowest BCUT2D eigenvalue weighted by Crippen LogP contribution is -2.35. The molecule has 0 unspecified atom stereocenters. The molecule has 0 radical (unpaired) electrons. The second-order valence-electron chi connectivity index (χ2n) is 5.60. The number of rotatable bonds is 2. The maximum Gasteiger partial charge on any atom is 0.282 e. The third kappa shape index (κ3) is 2.45. The van der Waals surface area contributed by atoms with Crippen LogP contribution in [0.1, 0.15) is 11.7 Å². The first kappa shape index (κ1) is 16.0. The number of fused-ring (bicyclic) bond motifs is 3. The standard InChI is InChI=1S/C16H11ClN6O3/c17-11-6-5-8(23(25)26)7-10(11)13-19-15(18)21-16-20-14(24)9-3-1-2-4-12(9)22(13)16/h1-7,13H,(H3,18,19,20,21,24)/t13-/m0/s1. The number of nitro groups is 1. The molecule has 0 saturated carbocycles. The first-order chi connectivity index (χ1) is 12.5. The molecule has 0 fully saturated rings. The number of nitrogens with one attached hydrogen (secondary N) is 1. The van der Waals surface area contributed by atoms with Gasteiger partial charge >= 0.3 is 0 Å². The van der Waals surface area contributed by atoms with E-state index in [1.807, 2.05) is 0 Å². The van der Waals surface area contributed by atoms with Crippen molar-refractivity contribution in [1.29, 1.82) is 0 Å². The second kappa shape index (κ2) is 5.81. The maximum atomic E-state index is 12.3. The molecule has 0 amide bonds. The van der Waals surface area contributed by atoms with E-state index in [1.165, 1.54) is 18.2 Å². The van der Waals surface area contributed by atoms with Gasteiger partial charge in [0.05, 0.1) is 15.8 Å². The van der Waals surface area contributed by atoms with Crippen LogP contribution in [0.4, 0.5) is 11.6 Å². The van der Waals surface area contributed by atoms with Gasteiger partial charge in [0.2, 0.25) is 5.95 Å². The number of non-ortho nitro benzene ring substituents is 1. The quantitative estimate of drug-likeness (QED) is 0.525. The molecule has 0 saturated heterocycles. The number of anilines is 1. The van der Waals surface area contributed by atoms with Crippen LogP contribution in [0, 0.1) is 10.1 Å². The predicted octanol–water partition coefficient (Wildman–Crippen LogP) is 2.25. The zero-order valence-electron chi connectivity index (χ0n) is 13.1. The number of halogens is 1. The van der Waals surface area contributed by atoms with E-state index in [-0.39, 0.29) is 22.6 Å². The molecular weight excluding hydrogens is 360 g/mol. The summed E-state index contributed by atoms with van der Waals surface area (Å²) in [6, 6.07) is 10.9. The molecule has 0 aliphatic carbocycles. The number of aliphatic imine (C=N–C) groups is 1. The predicted molar refractivity (Wildman–Crippen MR) is 97.5 cm³/mol. The lowest BCUT2D eigenvalue weighted by Gasteiger charge is -2.27. The fraction of sp³-hybridized carbons (Fsp3) is 0.0625. The molecule has 1 aliphatic rings. The van der Waals surface area contributed by atoms with Gasteiger partial charge in [-0.3, -0.25) is 24.8 Å². The number of para-hydroxylation sites is 1. The number of nitrogens with two attached hydrogens (primary N) is 1. The van der Waals surface area contributed by atoms with Gasteiger partial charge in [-0.25, -0.2) is 4.99 Å². The molecule has 26 heavy (non-hydrogen) atoms. The van der Waals surface area contributed by atoms with Crippen LogP contribution in [0.2, 0.25) is 5.02 Å². The molecule has 130 valence electrons. The van der Waals surface area contributed by atoms with Gasteiger partial charge < -0.3 is 5.73 Å². The number of benzene rings is 2. The number of nitro benzene ring substituents is 1. The summed E-state index contributed by atoms with van der Waals surface area (Å²) in [7, 11) is 0. The van der Waals surface area contributed by atoms with Crippen LogP contribution in [0.25, 0.3) is 10.9 Å². The van der Waals surface area contributed by atoms with Gasteiger partial charge in [0.25, 0.3) is 11.2 Å². The molecule has 3 aromatic rings. The van der Waals surface area contributed by atoms with Gasteiger partial charge in [-0.2, -0.15) is 4.98 Å². The Morgan fingerprint density at radius 3 is 2.81 bits per heavy atom. The molecule has 1 aliphatic heterocycles. The lowest BCUT2D eigenvalue weighted by atomic mass is 10.1. The topological polar surface area (TPSA) is 128 Å². The van der Waals surface area contributed by atoms with E-state index in [2.05, 4.69) is 15.3 Å². The summed E-state index contributed by atoms with van der Waals surface area (Å²) in [5, 5.41) is 14.6. The SMILES string of the molecule is NC1=N[C@H](c2cc([N+](=O)[O-])ccc2Cl)n2c(nc(=O)c3ccccc32)N1. The zero-order chi connectivity index (χ0) is 18.4. The average Bonchev–Trinajstić information content (AvgIpc) is 2.61. The zero-order valence-corrected chi connectivity index (χ0v) is 13.8. The number of hydrogen-bond donors (Lipinski definition) is 2. The molecule has 2 aromatic carbocycles. The van der Waals surface area contributed by atoms with Crippen LogP contribution in [-0.4, -0.2) is 20.4 Å². The maximum absolute atomic E-state index is 12.3. The van der Waals surface area contributed by atoms with Crippen LogP contribution in [0.5, 0.6) is 0 Å². The first-order valence-corrected chi connectivity index (χ1v) is 7.89. The van der Waals surface area contributed by atoms with Gasteiger partial charge in [0, 0.05) is 22.7 Å². The largest absolute Gasteiger partial charge is 0.370 e. The van der Waals surface area contributed by atoms with Crippen molar-refractivity contribution in [3.05, 3.63) is 73.5 Å². The highest BCUT2D eigenvalue weighted by Crippen LogP contribution is 2.35. The number of aromatic nitrogens is 2. The Kier molecular flexibility index (Phi) is 3.58. The highest BCUT2D eigenvalue weighted by molar-refractivity contribution is 6.31. The smallest absolute Gasteiger partial charge is 0.282 e. The molecule has 1 aromatic heterocycles. The summed E-state index contributed by atoms with van der Waals surface area (Å²) in [5.41, 5.74) is 6.21. The molecule has 3 N–H and O–H groups in total. The molecule has 9 nitrogen and oxygen atoms in total. The molecular formula is C16H11ClN6O3. The minimum atomic E-state index is -0.809. The molecule has 1 atom stereocenters. The third-order valence-corrected chi connectivity index (χ3v) is 4.39. The van der Waals surface area contributed by atoms with Crippen LogP contribution >= 0.6 is 11.6 Å². The van der Waals surface area contributed by atoms with Crippen molar-refractivity contribution in [2.24, 2.45) is 10.7 Å². The van der Waals surface area contributed by atoms with Crippen molar-refractivity contribution in [3.8, 4) is 0 Å².